The van der Waals surface area contributed by atoms with E-state index in [1.165, 1.54) is 29.1 Å². The van der Waals surface area contributed by atoms with E-state index in [2.05, 4.69) is 20.7 Å². The average molecular weight is 535 g/mol. The van der Waals surface area contributed by atoms with Gasteiger partial charge in [-0.1, -0.05) is 6.07 Å². The lowest BCUT2D eigenvalue weighted by atomic mass is 9.82. The van der Waals surface area contributed by atoms with Crippen LogP contribution >= 0.6 is 0 Å². The van der Waals surface area contributed by atoms with Crippen molar-refractivity contribution in [3.63, 3.8) is 0 Å². The SMILES string of the molecule is N#CCCNC(=O)c1c2c(nn1-c1ccc(C#N)cn1)C[C@]1(CCc3cc(OCC(F)(F)F)ccc31)NC2=O. The number of carbonyl (C=O) groups is 2. The first-order chi connectivity index (χ1) is 18.6. The van der Waals surface area contributed by atoms with Crippen LogP contribution in [0.1, 0.15) is 56.1 Å². The predicted octanol–water partition coefficient (Wildman–Crippen LogP) is 2.85. The molecule has 3 aromatic rings. The third-order valence-corrected chi connectivity index (χ3v) is 6.65. The Morgan fingerprint density at radius 2 is 2.08 bits per heavy atom. The number of hydrogen-bond donors (Lipinski definition) is 2. The molecule has 0 bridgehead atoms. The molecular formula is C26H20F3N7O3. The van der Waals surface area contributed by atoms with Crippen LogP contribution in [-0.4, -0.2) is 45.9 Å². The highest BCUT2D eigenvalue weighted by Crippen LogP contribution is 2.44. The lowest BCUT2D eigenvalue weighted by molar-refractivity contribution is -0.153. The maximum atomic E-state index is 13.5. The molecule has 13 heteroatoms. The van der Waals surface area contributed by atoms with Crippen molar-refractivity contribution in [1.82, 2.24) is 25.4 Å². The monoisotopic (exact) mass is 535 g/mol. The minimum atomic E-state index is -4.46. The zero-order chi connectivity index (χ0) is 27.8. The third kappa shape index (κ3) is 4.86. The number of fused-ring (bicyclic) bond motifs is 3. The van der Waals surface area contributed by atoms with Gasteiger partial charge in [0.2, 0.25) is 0 Å². The first-order valence-electron chi connectivity index (χ1n) is 11.9. The molecule has 1 aliphatic carbocycles. The smallest absolute Gasteiger partial charge is 0.422 e. The number of halogens is 3. The van der Waals surface area contributed by atoms with Crippen LogP contribution in [-0.2, 0) is 18.4 Å². The highest BCUT2D eigenvalue weighted by molar-refractivity contribution is 6.08. The molecule has 10 nitrogen and oxygen atoms in total. The van der Waals surface area contributed by atoms with Gasteiger partial charge < -0.3 is 15.4 Å². The normalized spacial score (nSPS) is 17.5. The quantitative estimate of drug-likeness (QED) is 0.462. The summed E-state index contributed by atoms with van der Waals surface area (Å²) in [5, 5.41) is 28.1. The van der Waals surface area contributed by atoms with Crippen molar-refractivity contribution in [3.8, 4) is 23.7 Å². The largest absolute Gasteiger partial charge is 0.484 e. The van der Waals surface area contributed by atoms with Crippen molar-refractivity contribution in [2.24, 2.45) is 0 Å². The lowest BCUT2D eigenvalue weighted by Crippen LogP contribution is -2.50. The second-order valence-corrected chi connectivity index (χ2v) is 9.20. The molecule has 2 N–H and O–H groups in total. The highest BCUT2D eigenvalue weighted by atomic mass is 19.4. The molecular weight excluding hydrogens is 515 g/mol. The van der Waals surface area contributed by atoms with Gasteiger partial charge in [-0.05, 0) is 48.2 Å². The number of benzene rings is 1. The summed E-state index contributed by atoms with van der Waals surface area (Å²) in [6.45, 7) is -1.34. The molecule has 0 radical (unpaired) electrons. The molecule has 1 spiro atoms. The Balaban J connectivity index is 1.52. The van der Waals surface area contributed by atoms with E-state index in [-0.39, 0.29) is 42.2 Å². The van der Waals surface area contributed by atoms with E-state index in [1.54, 1.807) is 12.1 Å². The Bertz CT molecular complexity index is 1550. The van der Waals surface area contributed by atoms with Gasteiger partial charge in [0.1, 0.15) is 17.5 Å². The van der Waals surface area contributed by atoms with Crippen LogP contribution in [0.3, 0.4) is 0 Å². The van der Waals surface area contributed by atoms with Crippen molar-refractivity contribution in [2.75, 3.05) is 13.2 Å². The van der Waals surface area contributed by atoms with E-state index in [0.29, 0.717) is 24.1 Å². The summed E-state index contributed by atoms with van der Waals surface area (Å²) >= 11 is 0. The molecule has 198 valence electrons. The van der Waals surface area contributed by atoms with E-state index >= 15 is 0 Å². The Labute approximate surface area is 220 Å². The maximum absolute atomic E-state index is 13.5. The van der Waals surface area contributed by atoms with Gasteiger partial charge >= 0.3 is 6.18 Å². The summed E-state index contributed by atoms with van der Waals surface area (Å²) in [5.41, 5.74) is 1.29. The topological polar surface area (TPSA) is 146 Å². The van der Waals surface area contributed by atoms with Gasteiger partial charge in [0, 0.05) is 19.2 Å². The number of ether oxygens (including phenoxy) is 1. The number of nitrogens with one attached hydrogen (secondary N) is 2. The minimum Gasteiger partial charge on any atom is -0.484 e. The fourth-order valence-electron chi connectivity index (χ4n) is 5.00. The number of aryl methyl sites for hydroxylation is 1. The predicted molar refractivity (Wildman–Crippen MR) is 128 cm³/mol. The second kappa shape index (κ2) is 9.76. The molecule has 0 fully saturated rings. The van der Waals surface area contributed by atoms with Crippen LogP contribution in [0.5, 0.6) is 5.75 Å². The van der Waals surface area contributed by atoms with Crippen LogP contribution in [0.2, 0.25) is 0 Å². The van der Waals surface area contributed by atoms with E-state index in [0.717, 1.165) is 11.1 Å². The minimum absolute atomic E-state index is 0.0541. The summed E-state index contributed by atoms with van der Waals surface area (Å²) in [7, 11) is 0. The molecule has 0 saturated heterocycles. The van der Waals surface area contributed by atoms with Gasteiger partial charge in [-0.15, -0.1) is 0 Å². The summed E-state index contributed by atoms with van der Waals surface area (Å²) < 4.78 is 43.9. The van der Waals surface area contributed by atoms with Gasteiger partial charge in [-0.25, -0.2) is 9.67 Å². The van der Waals surface area contributed by atoms with Crippen LogP contribution in [0.4, 0.5) is 13.2 Å². The number of nitriles is 2. The number of hydrogen-bond acceptors (Lipinski definition) is 7. The number of pyridine rings is 1. The van der Waals surface area contributed by atoms with Crippen molar-refractivity contribution in [1.29, 1.82) is 10.5 Å². The number of aromatic nitrogens is 3. The molecule has 39 heavy (non-hydrogen) atoms. The van der Waals surface area contributed by atoms with Crippen LogP contribution in [0.25, 0.3) is 5.82 Å². The lowest BCUT2D eigenvalue weighted by Gasteiger charge is -2.35. The van der Waals surface area contributed by atoms with E-state index in [1.807, 2.05) is 12.1 Å². The van der Waals surface area contributed by atoms with E-state index in [4.69, 9.17) is 15.3 Å². The van der Waals surface area contributed by atoms with Gasteiger partial charge in [0.25, 0.3) is 11.8 Å². The van der Waals surface area contributed by atoms with Crippen LogP contribution < -0.4 is 15.4 Å². The van der Waals surface area contributed by atoms with Gasteiger partial charge in [-0.2, -0.15) is 28.8 Å². The Morgan fingerprint density at radius 3 is 2.77 bits per heavy atom. The molecule has 1 atom stereocenters. The average Bonchev–Trinajstić information content (AvgIpc) is 3.46. The second-order valence-electron chi connectivity index (χ2n) is 9.20. The zero-order valence-electron chi connectivity index (χ0n) is 20.3. The van der Waals surface area contributed by atoms with E-state index in [9.17, 15) is 22.8 Å². The number of amides is 2. The highest BCUT2D eigenvalue weighted by Gasteiger charge is 2.47. The Kier molecular flexibility index (Phi) is 6.44. The number of rotatable bonds is 6. The molecule has 2 aliphatic rings. The van der Waals surface area contributed by atoms with Crippen LogP contribution in [0.15, 0.2) is 36.5 Å². The van der Waals surface area contributed by atoms with Crippen molar-refractivity contribution >= 4 is 11.8 Å². The number of alkyl halides is 3. The maximum Gasteiger partial charge on any atom is 0.422 e. The first-order valence-corrected chi connectivity index (χ1v) is 11.9. The molecule has 5 rings (SSSR count). The fraction of sp³-hybridized carbons (Fsp3) is 0.308. The van der Waals surface area contributed by atoms with Crippen molar-refractivity contribution in [2.45, 2.75) is 37.4 Å². The molecule has 3 heterocycles. The van der Waals surface area contributed by atoms with Gasteiger partial charge in [-0.3, -0.25) is 9.59 Å². The van der Waals surface area contributed by atoms with Crippen molar-refractivity contribution < 1.29 is 27.5 Å². The molecule has 2 amide bonds. The molecule has 1 aliphatic heterocycles. The molecule has 2 aromatic heterocycles. The van der Waals surface area contributed by atoms with Crippen LogP contribution in [0, 0.1) is 22.7 Å². The van der Waals surface area contributed by atoms with E-state index < -0.39 is 30.1 Å². The summed E-state index contributed by atoms with van der Waals surface area (Å²) in [6, 6.07) is 11.5. The van der Waals surface area contributed by atoms with Crippen molar-refractivity contribution in [3.05, 3.63) is 70.2 Å². The zero-order valence-corrected chi connectivity index (χ0v) is 20.3. The summed E-state index contributed by atoms with van der Waals surface area (Å²) in [5.74, 6) is -0.853. The first kappa shape index (κ1) is 25.7. The number of nitrogens with zero attached hydrogens (tertiary/aromatic N) is 5. The standard InChI is InChI=1S/C26H20F3N7O3/c27-26(28,29)14-39-17-3-4-18-16(10-17)6-7-25(18)11-19-21(23(37)34-25)22(24(38)32-9-1-8-30)36(35-19)20-5-2-15(12-31)13-33-20/h2-5,10,13H,1,6-7,9,11,14H2,(H,32,38)(H,34,37)/t25-/m0/s1. The third-order valence-electron chi connectivity index (χ3n) is 6.65. The molecule has 0 saturated carbocycles. The Hall–Kier alpha value is -4.91. The summed E-state index contributed by atoms with van der Waals surface area (Å²) in [4.78, 5) is 30.9. The number of carbonyl (C=O) groups excluding carboxylic acids is 2. The molecule has 0 unspecified atom stereocenters. The molecule has 1 aromatic carbocycles. The van der Waals surface area contributed by atoms with Gasteiger partial charge in [0.05, 0.1) is 34.8 Å². The summed E-state index contributed by atoms with van der Waals surface area (Å²) in [6.07, 6.45) is -1.88. The Morgan fingerprint density at radius 1 is 1.26 bits per heavy atom. The fourth-order valence-corrected chi connectivity index (χ4v) is 5.00. The van der Waals surface area contributed by atoms with Gasteiger partial charge in [0.15, 0.2) is 12.4 Å².